The summed E-state index contributed by atoms with van der Waals surface area (Å²) in [6.07, 6.45) is 12.8. The first-order valence-corrected chi connectivity index (χ1v) is 16.3. The van der Waals surface area contributed by atoms with Gasteiger partial charge < -0.3 is 18.9 Å². The molecule has 0 aromatic carbocycles. The summed E-state index contributed by atoms with van der Waals surface area (Å²) in [6.45, 7) is 18.2. The van der Waals surface area contributed by atoms with Crippen molar-refractivity contribution < 1.29 is 18.9 Å². The third kappa shape index (κ3) is 5.23. The summed E-state index contributed by atoms with van der Waals surface area (Å²) < 4.78 is 23.8. The van der Waals surface area contributed by atoms with Gasteiger partial charge in [-0.1, -0.05) is 62.2 Å². The van der Waals surface area contributed by atoms with Gasteiger partial charge in [-0.15, -0.1) is 0 Å². The largest absolute Gasteiger partial charge is 0.359 e. The summed E-state index contributed by atoms with van der Waals surface area (Å²) in [5, 5.41) is 0. The molecule has 4 fully saturated rings. The van der Waals surface area contributed by atoms with Crippen LogP contribution < -0.4 is 0 Å². The Labute approximate surface area is 242 Å². The summed E-state index contributed by atoms with van der Waals surface area (Å²) in [7, 11) is 3.51. The maximum absolute atomic E-state index is 6.74. The lowest BCUT2D eigenvalue weighted by Crippen LogP contribution is -2.66. The normalized spacial score (nSPS) is 47.1. The third-order valence-electron chi connectivity index (χ3n) is 12.5. The highest BCUT2D eigenvalue weighted by molar-refractivity contribution is 9.09. The molecule has 220 valence electrons. The molecule has 12 atom stereocenters. The Morgan fingerprint density at radius 2 is 1.61 bits per heavy atom. The predicted molar refractivity (Wildman–Crippen MR) is 159 cm³/mol. The molecule has 0 bridgehead atoms. The molecule has 5 heteroatoms. The second-order valence-electron chi connectivity index (χ2n) is 14.6. The van der Waals surface area contributed by atoms with Crippen molar-refractivity contribution >= 4 is 15.9 Å². The Balaban J connectivity index is 1.67. The summed E-state index contributed by atoms with van der Waals surface area (Å²) in [4.78, 5) is 0.584. The van der Waals surface area contributed by atoms with Gasteiger partial charge in [0.1, 0.15) is 13.6 Å². The van der Waals surface area contributed by atoms with Crippen molar-refractivity contribution in [2.75, 3.05) is 27.8 Å². The van der Waals surface area contributed by atoms with Crippen LogP contribution in [0, 0.1) is 51.8 Å². The molecule has 0 saturated heterocycles. The number of hydrogen-bond donors (Lipinski definition) is 0. The minimum atomic E-state index is 0.250. The number of rotatable bonds is 10. The molecular weight excluding hydrogens is 540 g/mol. The molecule has 4 aliphatic rings. The fourth-order valence-corrected chi connectivity index (χ4v) is 12.2. The van der Waals surface area contributed by atoms with Crippen LogP contribution in [0.15, 0.2) is 11.6 Å². The molecule has 0 radical (unpaired) electrons. The molecule has 0 heterocycles. The fraction of sp³-hybridized carbons (Fsp3) is 0.939. The molecule has 0 aliphatic heterocycles. The highest BCUT2D eigenvalue weighted by Gasteiger charge is 2.71. The summed E-state index contributed by atoms with van der Waals surface area (Å²) >= 11 is 4.28. The zero-order valence-electron chi connectivity index (χ0n) is 25.9. The van der Waals surface area contributed by atoms with Gasteiger partial charge in [-0.3, -0.25) is 0 Å². The van der Waals surface area contributed by atoms with E-state index in [2.05, 4.69) is 70.5 Å². The molecule has 4 aliphatic carbocycles. The molecule has 4 saturated carbocycles. The second-order valence-corrected chi connectivity index (χ2v) is 15.7. The zero-order valence-corrected chi connectivity index (χ0v) is 27.4. The van der Waals surface area contributed by atoms with E-state index in [1.807, 2.05) is 0 Å². The lowest BCUT2D eigenvalue weighted by Gasteiger charge is -2.70. The molecular formula is C33H57BrO4. The van der Waals surface area contributed by atoms with Gasteiger partial charge in [0.15, 0.2) is 0 Å². The number of ether oxygens (including phenoxy) is 4. The Morgan fingerprint density at radius 3 is 2.24 bits per heavy atom. The van der Waals surface area contributed by atoms with E-state index in [-0.39, 0.29) is 16.9 Å². The van der Waals surface area contributed by atoms with E-state index >= 15 is 0 Å². The Morgan fingerprint density at radius 1 is 0.947 bits per heavy atom. The van der Waals surface area contributed by atoms with Crippen molar-refractivity contribution in [3.8, 4) is 0 Å². The van der Waals surface area contributed by atoms with Crippen molar-refractivity contribution in [3.05, 3.63) is 11.6 Å². The fourth-order valence-electron chi connectivity index (χ4n) is 10.7. The van der Waals surface area contributed by atoms with Crippen LogP contribution in [0.25, 0.3) is 0 Å². The van der Waals surface area contributed by atoms with Crippen LogP contribution in [-0.2, 0) is 18.9 Å². The van der Waals surface area contributed by atoms with E-state index in [0.717, 1.165) is 6.42 Å². The van der Waals surface area contributed by atoms with Crippen molar-refractivity contribution in [2.24, 2.45) is 51.8 Å². The number of fused-ring (bicyclic) bond motifs is 5. The smallest absolute Gasteiger partial charge is 0.146 e. The molecule has 7 unspecified atom stereocenters. The van der Waals surface area contributed by atoms with E-state index in [0.29, 0.717) is 65.4 Å². The van der Waals surface area contributed by atoms with Crippen molar-refractivity contribution in [1.29, 1.82) is 0 Å². The maximum atomic E-state index is 6.74. The van der Waals surface area contributed by atoms with Gasteiger partial charge in [0.05, 0.1) is 12.2 Å². The maximum Gasteiger partial charge on any atom is 0.146 e. The average Bonchev–Trinajstić information content (AvgIpc) is 3.12. The van der Waals surface area contributed by atoms with Crippen molar-refractivity contribution in [2.45, 2.75) is 117 Å². The van der Waals surface area contributed by atoms with Crippen LogP contribution in [0.5, 0.6) is 0 Å². The van der Waals surface area contributed by atoms with Gasteiger partial charge in [0.2, 0.25) is 0 Å². The van der Waals surface area contributed by atoms with E-state index in [4.69, 9.17) is 18.9 Å². The Kier molecular flexibility index (Phi) is 9.89. The molecule has 38 heavy (non-hydrogen) atoms. The third-order valence-corrected chi connectivity index (χ3v) is 13.5. The van der Waals surface area contributed by atoms with Gasteiger partial charge in [0.25, 0.3) is 0 Å². The molecule has 0 amide bonds. The SMILES string of the molecule is COCO[C@@H]1CC[C@@]2(C)C(CCC3(C)C2[C@H](OCOC)CC2C([C@@H](C)CCC=C(C)C)C(Br)C[C@@]23C)C1C. The van der Waals surface area contributed by atoms with Crippen LogP contribution in [0.1, 0.15) is 99.8 Å². The molecule has 0 spiro atoms. The van der Waals surface area contributed by atoms with Gasteiger partial charge >= 0.3 is 0 Å². The first-order valence-electron chi connectivity index (χ1n) is 15.4. The minimum absolute atomic E-state index is 0.250. The molecule has 0 aromatic rings. The van der Waals surface area contributed by atoms with Gasteiger partial charge in [-0.2, -0.15) is 0 Å². The number of hydrogen-bond acceptors (Lipinski definition) is 4. The number of methoxy groups -OCH3 is 2. The predicted octanol–water partition coefficient (Wildman–Crippen LogP) is 8.63. The van der Waals surface area contributed by atoms with Crippen LogP contribution in [0.3, 0.4) is 0 Å². The topological polar surface area (TPSA) is 36.9 Å². The minimum Gasteiger partial charge on any atom is -0.359 e. The first-order chi connectivity index (χ1) is 17.9. The Bertz CT molecular complexity index is 828. The summed E-state index contributed by atoms with van der Waals surface area (Å²) in [6, 6.07) is 0. The van der Waals surface area contributed by atoms with Crippen LogP contribution in [0.2, 0.25) is 0 Å². The average molecular weight is 598 g/mol. The highest BCUT2D eigenvalue weighted by Crippen LogP contribution is 2.75. The van der Waals surface area contributed by atoms with Crippen LogP contribution in [-0.4, -0.2) is 44.8 Å². The van der Waals surface area contributed by atoms with E-state index in [1.54, 1.807) is 14.2 Å². The van der Waals surface area contributed by atoms with E-state index in [9.17, 15) is 0 Å². The highest BCUT2D eigenvalue weighted by atomic mass is 79.9. The molecule has 0 aromatic heterocycles. The second kappa shape index (κ2) is 12.1. The number of allylic oxidation sites excluding steroid dienone is 2. The van der Waals surface area contributed by atoms with Crippen molar-refractivity contribution in [1.82, 2.24) is 0 Å². The Hall–Kier alpha value is 0.0600. The standard InChI is InChI=1S/C33H57BrO4/c1-21(2)11-10-12-22(3)29-25-17-28(38-20-36-9)30-31(5)15-14-27(37-19-35-8)23(4)24(31)13-16-32(30,6)33(25,7)18-26(29)34/h11,22-30H,10,12-20H2,1-9H3/t22-,23?,24?,25?,26?,27+,28+,29?,30?,31-,32?,33-/m0/s1. The quantitative estimate of drug-likeness (QED) is 0.144. The summed E-state index contributed by atoms with van der Waals surface area (Å²) in [5.41, 5.74) is 2.25. The number of alkyl halides is 1. The molecule has 4 rings (SSSR count). The van der Waals surface area contributed by atoms with Crippen LogP contribution >= 0.6 is 15.9 Å². The van der Waals surface area contributed by atoms with Gasteiger partial charge in [-0.25, -0.2) is 0 Å². The molecule has 4 nitrogen and oxygen atoms in total. The van der Waals surface area contributed by atoms with Crippen LogP contribution in [0.4, 0.5) is 0 Å². The summed E-state index contributed by atoms with van der Waals surface area (Å²) in [5.74, 6) is 3.80. The van der Waals surface area contributed by atoms with Gasteiger partial charge in [0, 0.05) is 19.0 Å². The lowest BCUT2D eigenvalue weighted by molar-refractivity contribution is -0.264. The van der Waals surface area contributed by atoms with Crippen molar-refractivity contribution in [3.63, 3.8) is 0 Å². The number of halogens is 1. The van der Waals surface area contributed by atoms with Gasteiger partial charge in [-0.05, 0) is 117 Å². The van der Waals surface area contributed by atoms with E-state index < -0.39 is 0 Å². The first kappa shape index (κ1) is 31.0. The zero-order chi connectivity index (χ0) is 27.9. The van der Waals surface area contributed by atoms with E-state index in [1.165, 1.54) is 50.5 Å². The lowest BCUT2D eigenvalue weighted by atomic mass is 9.36. The molecule has 0 N–H and O–H groups in total. The monoisotopic (exact) mass is 596 g/mol.